The van der Waals surface area contributed by atoms with Crippen molar-refractivity contribution < 1.29 is 38.0 Å². The number of nitrogen functional groups attached to an aromatic ring is 2. The van der Waals surface area contributed by atoms with E-state index >= 15 is 0 Å². The molecule has 3 amide bonds. The van der Waals surface area contributed by atoms with E-state index in [2.05, 4.69) is 20.6 Å². The normalized spacial score (nSPS) is 13.9. The number of rotatable bonds is 10. The maximum absolute atomic E-state index is 13.9. The summed E-state index contributed by atoms with van der Waals surface area (Å²) in [6.07, 6.45) is 0.668. The summed E-state index contributed by atoms with van der Waals surface area (Å²) in [5.41, 5.74) is 11.7. The Hall–Kier alpha value is -4.86. The van der Waals surface area contributed by atoms with Crippen LogP contribution in [0.5, 0.6) is 5.75 Å². The second kappa shape index (κ2) is 15.6. The fourth-order valence-electron chi connectivity index (χ4n) is 5.76. The number of piperidine rings is 1. The Balaban J connectivity index is 1.65. The predicted molar refractivity (Wildman–Crippen MR) is 190 cm³/mol. The Morgan fingerprint density at radius 3 is 2.20 bits per heavy atom. The fraction of sp³-hybridized carbons (Fsp3) is 0.559. The molecule has 6 N–H and O–H groups in total. The summed E-state index contributed by atoms with van der Waals surface area (Å²) >= 11 is 5.99. The van der Waals surface area contributed by atoms with Crippen LogP contribution in [0.2, 0.25) is 5.15 Å². The van der Waals surface area contributed by atoms with Crippen LogP contribution in [0.3, 0.4) is 0 Å². The number of aromatic nitrogens is 4. The number of benzene rings is 1. The van der Waals surface area contributed by atoms with E-state index in [1.165, 1.54) is 0 Å². The average molecular weight is 731 g/mol. The van der Waals surface area contributed by atoms with Gasteiger partial charge in [-0.05, 0) is 68.2 Å². The molecule has 3 aromatic rings. The van der Waals surface area contributed by atoms with Gasteiger partial charge in [-0.1, -0.05) is 11.6 Å². The van der Waals surface area contributed by atoms with E-state index in [9.17, 15) is 19.2 Å². The third kappa shape index (κ3) is 9.68. The number of imidazole rings is 1. The number of nitrogens with zero attached hydrogens (tertiary/aromatic N) is 5. The average Bonchev–Trinajstić information content (AvgIpc) is 3.33. The molecule has 278 valence electrons. The molecule has 0 radical (unpaired) electrons. The third-order valence-corrected chi connectivity index (χ3v) is 8.21. The molecule has 0 spiro atoms. The van der Waals surface area contributed by atoms with Crippen LogP contribution in [0.4, 0.5) is 16.4 Å². The first-order chi connectivity index (χ1) is 23.8. The topological polar surface area (TPSA) is 210 Å². The van der Waals surface area contributed by atoms with Crippen molar-refractivity contribution in [2.75, 3.05) is 31.2 Å². The van der Waals surface area contributed by atoms with E-state index in [1.807, 2.05) is 43.8 Å². The Kier molecular flexibility index (Phi) is 11.9. The van der Waals surface area contributed by atoms with Crippen LogP contribution >= 0.6 is 11.6 Å². The largest absolute Gasteiger partial charge is 0.481 e. The summed E-state index contributed by atoms with van der Waals surface area (Å²) in [5, 5.41) is 5.78. The van der Waals surface area contributed by atoms with Crippen LogP contribution in [0.1, 0.15) is 94.9 Å². The van der Waals surface area contributed by atoms with Crippen LogP contribution in [-0.4, -0.2) is 80.3 Å². The van der Waals surface area contributed by atoms with Gasteiger partial charge >= 0.3 is 12.1 Å². The van der Waals surface area contributed by atoms with Gasteiger partial charge in [-0.2, -0.15) is 0 Å². The molecule has 4 rings (SSSR count). The van der Waals surface area contributed by atoms with Gasteiger partial charge in [0.15, 0.2) is 40.1 Å². The molecule has 1 fully saturated rings. The van der Waals surface area contributed by atoms with Gasteiger partial charge in [0.2, 0.25) is 0 Å². The van der Waals surface area contributed by atoms with Crippen LogP contribution in [0, 0.1) is 0 Å². The summed E-state index contributed by atoms with van der Waals surface area (Å²) in [6, 6.07) is 3.21. The molecule has 1 aromatic carbocycles. The zero-order chi connectivity index (χ0) is 37.8. The first-order valence-corrected chi connectivity index (χ1v) is 17.3. The van der Waals surface area contributed by atoms with E-state index in [4.69, 9.17) is 37.3 Å². The van der Waals surface area contributed by atoms with Crippen LogP contribution in [0.15, 0.2) is 12.1 Å². The van der Waals surface area contributed by atoms with Crippen molar-refractivity contribution in [1.29, 1.82) is 0 Å². The molecule has 1 aliphatic rings. The molecule has 0 aliphatic carbocycles. The number of nitrogens with two attached hydrogens (primary N) is 2. The highest BCUT2D eigenvalue weighted by molar-refractivity contribution is 6.31. The first kappa shape index (κ1) is 38.9. The van der Waals surface area contributed by atoms with Gasteiger partial charge in [0.05, 0.1) is 18.7 Å². The second-order valence-electron chi connectivity index (χ2n) is 14.1. The lowest BCUT2D eigenvalue weighted by Gasteiger charge is -2.33. The Bertz CT molecular complexity index is 1810. The quantitative estimate of drug-likeness (QED) is 0.176. The molecule has 0 saturated carbocycles. The summed E-state index contributed by atoms with van der Waals surface area (Å²) < 4.78 is 20.9. The molecule has 17 heteroatoms. The highest BCUT2D eigenvalue weighted by atomic mass is 35.5. The fourth-order valence-corrected chi connectivity index (χ4v) is 5.89. The summed E-state index contributed by atoms with van der Waals surface area (Å²) in [6.45, 7) is 16.1. The van der Waals surface area contributed by atoms with Crippen molar-refractivity contribution in [3.8, 4) is 5.75 Å². The second-order valence-corrected chi connectivity index (χ2v) is 14.5. The Morgan fingerprint density at radius 1 is 0.961 bits per heavy atom. The number of esters is 1. The van der Waals surface area contributed by atoms with E-state index in [0.29, 0.717) is 55.9 Å². The van der Waals surface area contributed by atoms with Gasteiger partial charge in [0.1, 0.15) is 23.5 Å². The molecule has 1 aliphatic heterocycles. The number of amides is 3. The molecule has 0 atom stereocenters. The van der Waals surface area contributed by atoms with Crippen LogP contribution in [0.25, 0.3) is 11.0 Å². The maximum Gasteiger partial charge on any atom is 0.410 e. The number of fused-ring (bicyclic) bond motifs is 1. The number of carbonyl (C=O) groups excluding carboxylic acids is 4. The number of ether oxygens (including phenoxy) is 3. The number of hydrogen-bond donors (Lipinski definition) is 4. The summed E-state index contributed by atoms with van der Waals surface area (Å²) in [4.78, 5) is 61.8. The predicted octanol–water partition coefficient (Wildman–Crippen LogP) is 3.36. The molecular weight excluding hydrogens is 682 g/mol. The summed E-state index contributed by atoms with van der Waals surface area (Å²) in [5.74, 6) is -0.946. The molecule has 16 nitrogen and oxygen atoms in total. The Labute approximate surface area is 302 Å². The number of aryl methyl sites for hydroxylation is 2. The number of carbonyl (C=O) groups is 4. The lowest BCUT2D eigenvalue weighted by Crippen LogP contribution is -2.47. The molecule has 0 unspecified atom stereocenters. The molecular formula is C34H49ClN9O7+. The smallest absolute Gasteiger partial charge is 0.410 e. The Morgan fingerprint density at radius 2 is 1.61 bits per heavy atom. The van der Waals surface area contributed by atoms with Gasteiger partial charge in [-0.25, -0.2) is 28.7 Å². The van der Waals surface area contributed by atoms with Crippen molar-refractivity contribution in [2.24, 2.45) is 0 Å². The minimum Gasteiger partial charge on any atom is -0.481 e. The lowest BCUT2D eigenvalue weighted by molar-refractivity contribution is -0.676. The molecule has 1 saturated heterocycles. The van der Waals surface area contributed by atoms with Gasteiger partial charge in [-0.15, -0.1) is 0 Å². The van der Waals surface area contributed by atoms with Gasteiger partial charge in [0.25, 0.3) is 17.6 Å². The van der Waals surface area contributed by atoms with Crippen molar-refractivity contribution in [1.82, 2.24) is 30.1 Å². The minimum absolute atomic E-state index is 0.0597. The van der Waals surface area contributed by atoms with Gasteiger partial charge in [0, 0.05) is 31.3 Å². The van der Waals surface area contributed by atoms with Crippen LogP contribution < -0.4 is 31.4 Å². The van der Waals surface area contributed by atoms with Crippen LogP contribution in [-0.2, 0) is 33.9 Å². The number of hydrogen-bond acceptors (Lipinski definition) is 11. The maximum atomic E-state index is 13.9. The van der Waals surface area contributed by atoms with E-state index < -0.39 is 35.6 Å². The molecule has 2 aromatic heterocycles. The van der Waals surface area contributed by atoms with Crippen molar-refractivity contribution in [3.63, 3.8) is 0 Å². The zero-order valence-electron chi connectivity index (χ0n) is 30.5. The van der Waals surface area contributed by atoms with Crippen molar-refractivity contribution in [3.05, 3.63) is 34.4 Å². The van der Waals surface area contributed by atoms with E-state index in [1.54, 1.807) is 37.8 Å². The number of nitrogens with one attached hydrogen (secondary N) is 2. The molecule has 0 bridgehead atoms. The third-order valence-electron chi connectivity index (χ3n) is 7.93. The van der Waals surface area contributed by atoms with E-state index in [0.717, 1.165) is 0 Å². The molecule has 3 heterocycles. The molecule has 51 heavy (non-hydrogen) atoms. The number of halogens is 1. The first-order valence-electron chi connectivity index (χ1n) is 16.9. The SMILES string of the molecule is CCn1c(CNC(=O)c2nc(Cl)c(N)nc2N)[n+](CC)c2cc(C(=O)NC3CCN(C(=O)OC(C)(C)C)CC3)c(OCC(=O)OC(C)(C)C)cc21. The number of anilines is 2. The standard InChI is InChI=1S/C34H48ClN9O7/c1-9-43-21-15-20(30(46)39-19-11-13-42(14-12-19)32(48)51-34(6,7)8)23(49-18-25(45)50-33(3,4)5)16-22(21)44(10-2)24(43)17-38-31(47)26-28(36)41-29(37)27(35)40-26/h15-16,19H,9-14,17-18H2,1-8H3,(H5-,36,37,38,39,41,46,47)/p+1. The van der Waals surface area contributed by atoms with Gasteiger partial charge < -0.3 is 41.2 Å². The van der Waals surface area contributed by atoms with Gasteiger partial charge in [-0.3, -0.25) is 9.59 Å². The van der Waals surface area contributed by atoms with E-state index in [-0.39, 0.29) is 52.5 Å². The highest BCUT2D eigenvalue weighted by Crippen LogP contribution is 2.28. The van der Waals surface area contributed by atoms with Crippen molar-refractivity contribution >= 4 is 58.1 Å². The lowest BCUT2D eigenvalue weighted by atomic mass is 10.0. The minimum atomic E-state index is -0.727. The summed E-state index contributed by atoms with van der Waals surface area (Å²) in [7, 11) is 0. The van der Waals surface area contributed by atoms with Crippen molar-refractivity contribution in [2.45, 2.75) is 105 Å². The highest BCUT2D eigenvalue weighted by Gasteiger charge is 2.31. The monoisotopic (exact) mass is 730 g/mol. The number of likely N-dealkylation sites (tertiary alicyclic amines) is 1. The zero-order valence-corrected chi connectivity index (χ0v) is 31.3.